The third kappa shape index (κ3) is 2.55. The first-order chi connectivity index (χ1) is 7.69. The number of amides is 1. The average molecular weight is 243 g/mol. The lowest BCUT2D eigenvalue weighted by Gasteiger charge is -2.26. The van der Waals surface area contributed by atoms with E-state index < -0.39 is 11.2 Å². The van der Waals surface area contributed by atoms with Gasteiger partial charge in [-0.25, -0.2) is 4.79 Å². The molecule has 0 spiro atoms. The fraction of sp³-hybridized carbons (Fsp3) is 0.917. The van der Waals surface area contributed by atoms with Gasteiger partial charge in [-0.1, -0.05) is 0 Å². The van der Waals surface area contributed by atoms with Crippen molar-refractivity contribution in [2.45, 2.75) is 45.0 Å². The normalized spacial score (nSPS) is 37.1. The third-order valence-electron chi connectivity index (χ3n) is 3.31. The predicted molar refractivity (Wildman–Crippen MR) is 61.7 cm³/mol. The number of carbonyl (C=O) groups excluding carboxylic acids is 1. The molecular weight excluding hydrogens is 222 g/mol. The van der Waals surface area contributed by atoms with Crippen molar-refractivity contribution in [3.05, 3.63) is 0 Å². The molecule has 0 bridgehead atoms. The number of carbonyl (C=O) groups is 1. The Bertz CT molecular complexity index is 321. The molecule has 3 atom stereocenters. The number of likely N-dealkylation sites (tertiary alicyclic amines) is 1. The largest absolute Gasteiger partial charge is 0.444 e. The van der Waals surface area contributed by atoms with Crippen LogP contribution in [0.25, 0.3) is 0 Å². The van der Waals surface area contributed by atoms with E-state index in [9.17, 15) is 9.90 Å². The third-order valence-corrected chi connectivity index (χ3v) is 3.31. The maximum absolute atomic E-state index is 11.9. The zero-order valence-electron chi connectivity index (χ0n) is 10.9. The van der Waals surface area contributed by atoms with E-state index in [-0.39, 0.29) is 18.1 Å². The number of hydrogen-bond acceptors (Lipinski definition) is 4. The summed E-state index contributed by atoms with van der Waals surface area (Å²) in [7, 11) is 0. The molecule has 0 aromatic carbocycles. The van der Waals surface area contributed by atoms with Gasteiger partial charge >= 0.3 is 6.09 Å². The van der Waals surface area contributed by atoms with Crippen LogP contribution in [0, 0.1) is 5.92 Å². The van der Waals surface area contributed by atoms with Gasteiger partial charge in [0.1, 0.15) is 5.60 Å². The summed E-state index contributed by atoms with van der Waals surface area (Å²) in [5, 5.41) is 10.1. The molecule has 5 nitrogen and oxygen atoms in total. The number of aliphatic hydroxyl groups is 1. The number of rotatable bonds is 0. The van der Waals surface area contributed by atoms with Crippen molar-refractivity contribution in [2.75, 3.05) is 19.7 Å². The van der Waals surface area contributed by atoms with Crippen molar-refractivity contribution in [3.63, 3.8) is 0 Å². The molecule has 0 saturated carbocycles. The van der Waals surface area contributed by atoms with E-state index in [4.69, 9.17) is 9.47 Å². The van der Waals surface area contributed by atoms with Gasteiger partial charge in [-0.05, 0) is 27.7 Å². The van der Waals surface area contributed by atoms with Crippen LogP contribution in [-0.4, -0.2) is 53.1 Å². The number of ether oxygens (including phenoxy) is 2. The SMILES string of the molecule is CC(C)(C)OC(=O)N1C[C@@H]2OC[C@](C)(O)[C@@H]2C1. The Kier molecular flexibility index (Phi) is 2.86. The Labute approximate surface area is 102 Å². The van der Waals surface area contributed by atoms with Gasteiger partial charge in [-0.3, -0.25) is 0 Å². The predicted octanol–water partition coefficient (Wildman–Crippen LogP) is 1.00. The van der Waals surface area contributed by atoms with Crippen LogP contribution in [0.1, 0.15) is 27.7 Å². The first kappa shape index (κ1) is 12.6. The fourth-order valence-corrected chi connectivity index (χ4v) is 2.40. The second kappa shape index (κ2) is 3.85. The van der Waals surface area contributed by atoms with Crippen LogP contribution in [0.4, 0.5) is 4.79 Å². The minimum Gasteiger partial charge on any atom is -0.444 e. The molecule has 0 aromatic heterocycles. The van der Waals surface area contributed by atoms with Crippen LogP contribution in [0.2, 0.25) is 0 Å². The maximum Gasteiger partial charge on any atom is 0.410 e. The van der Waals surface area contributed by atoms with Gasteiger partial charge in [0, 0.05) is 12.5 Å². The van der Waals surface area contributed by atoms with Crippen LogP contribution in [0.15, 0.2) is 0 Å². The summed E-state index contributed by atoms with van der Waals surface area (Å²) in [4.78, 5) is 13.5. The van der Waals surface area contributed by atoms with E-state index in [1.807, 2.05) is 20.8 Å². The van der Waals surface area contributed by atoms with Gasteiger partial charge in [0.05, 0.1) is 24.9 Å². The minimum absolute atomic E-state index is 0.00461. The lowest BCUT2D eigenvalue weighted by Crippen LogP contribution is -2.40. The average Bonchev–Trinajstić information content (AvgIpc) is 2.65. The van der Waals surface area contributed by atoms with E-state index in [2.05, 4.69) is 0 Å². The molecule has 0 aliphatic carbocycles. The first-order valence-corrected chi connectivity index (χ1v) is 6.01. The van der Waals surface area contributed by atoms with Gasteiger partial charge < -0.3 is 19.5 Å². The number of hydrogen-bond donors (Lipinski definition) is 1. The molecule has 2 heterocycles. The molecule has 2 aliphatic heterocycles. The second-order valence-corrected chi connectivity index (χ2v) is 6.20. The molecule has 98 valence electrons. The molecule has 2 fully saturated rings. The topological polar surface area (TPSA) is 59.0 Å². The highest BCUT2D eigenvalue weighted by atomic mass is 16.6. The Morgan fingerprint density at radius 2 is 2.12 bits per heavy atom. The van der Waals surface area contributed by atoms with Crippen molar-refractivity contribution in [1.82, 2.24) is 4.90 Å². The van der Waals surface area contributed by atoms with Crippen molar-refractivity contribution in [3.8, 4) is 0 Å². The second-order valence-electron chi connectivity index (χ2n) is 6.20. The van der Waals surface area contributed by atoms with Crippen molar-refractivity contribution in [2.24, 2.45) is 5.92 Å². The maximum atomic E-state index is 11.9. The van der Waals surface area contributed by atoms with Crippen LogP contribution >= 0.6 is 0 Å². The highest BCUT2D eigenvalue weighted by molar-refractivity contribution is 5.68. The number of fused-ring (bicyclic) bond motifs is 1. The lowest BCUT2D eigenvalue weighted by molar-refractivity contribution is -0.00351. The zero-order valence-corrected chi connectivity index (χ0v) is 10.9. The molecular formula is C12H21NO4. The summed E-state index contributed by atoms with van der Waals surface area (Å²) in [6.07, 6.45) is -0.385. The van der Waals surface area contributed by atoms with Crippen molar-refractivity contribution in [1.29, 1.82) is 0 Å². The Balaban J connectivity index is 1.97. The molecule has 0 radical (unpaired) electrons. The van der Waals surface area contributed by atoms with Crippen LogP contribution in [0.5, 0.6) is 0 Å². The minimum atomic E-state index is -0.832. The van der Waals surface area contributed by atoms with Gasteiger partial charge in [-0.2, -0.15) is 0 Å². The lowest BCUT2D eigenvalue weighted by atomic mass is 9.90. The van der Waals surface area contributed by atoms with Crippen molar-refractivity contribution >= 4 is 6.09 Å². The molecule has 2 saturated heterocycles. The molecule has 2 aliphatic rings. The van der Waals surface area contributed by atoms with E-state index in [0.29, 0.717) is 19.7 Å². The highest BCUT2D eigenvalue weighted by Crippen LogP contribution is 2.36. The summed E-state index contributed by atoms with van der Waals surface area (Å²) in [5.41, 5.74) is -1.32. The molecule has 0 unspecified atom stereocenters. The van der Waals surface area contributed by atoms with E-state index >= 15 is 0 Å². The Morgan fingerprint density at radius 3 is 2.65 bits per heavy atom. The monoisotopic (exact) mass is 243 g/mol. The van der Waals surface area contributed by atoms with Gasteiger partial charge in [-0.15, -0.1) is 0 Å². The summed E-state index contributed by atoms with van der Waals surface area (Å²) in [6, 6.07) is 0. The number of nitrogens with zero attached hydrogens (tertiary/aromatic N) is 1. The molecule has 17 heavy (non-hydrogen) atoms. The van der Waals surface area contributed by atoms with Crippen LogP contribution in [0.3, 0.4) is 0 Å². The Hall–Kier alpha value is -0.810. The molecule has 0 aromatic rings. The quantitative estimate of drug-likeness (QED) is 0.689. The smallest absolute Gasteiger partial charge is 0.410 e. The van der Waals surface area contributed by atoms with E-state index in [1.165, 1.54) is 0 Å². The molecule has 5 heteroatoms. The Morgan fingerprint density at radius 1 is 1.47 bits per heavy atom. The van der Waals surface area contributed by atoms with Gasteiger partial charge in [0.15, 0.2) is 0 Å². The van der Waals surface area contributed by atoms with Gasteiger partial charge in [0.2, 0.25) is 0 Å². The molecule has 1 N–H and O–H groups in total. The molecule has 1 amide bonds. The van der Waals surface area contributed by atoms with Crippen LogP contribution < -0.4 is 0 Å². The summed E-state index contributed by atoms with van der Waals surface area (Å²) < 4.78 is 10.8. The zero-order chi connectivity index (χ0) is 12.8. The van der Waals surface area contributed by atoms with E-state index in [1.54, 1.807) is 11.8 Å². The summed E-state index contributed by atoms with van der Waals surface area (Å²) >= 11 is 0. The van der Waals surface area contributed by atoms with Crippen molar-refractivity contribution < 1.29 is 19.4 Å². The van der Waals surface area contributed by atoms with Gasteiger partial charge in [0.25, 0.3) is 0 Å². The summed E-state index contributed by atoms with van der Waals surface area (Å²) in [6.45, 7) is 8.65. The molecule has 2 rings (SSSR count). The van der Waals surface area contributed by atoms with Crippen LogP contribution in [-0.2, 0) is 9.47 Å². The fourth-order valence-electron chi connectivity index (χ4n) is 2.40. The summed E-state index contributed by atoms with van der Waals surface area (Å²) in [5.74, 6) is -0.00461. The first-order valence-electron chi connectivity index (χ1n) is 6.01. The highest BCUT2D eigenvalue weighted by Gasteiger charge is 2.51. The van der Waals surface area contributed by atoms with E-state index in [0.717, 1.165) is 0 Å². The standard InChI is InChI=1S/C12H21NO4/c1-11(2,3)17-10(14)13-5-8-9(6-13)16-7-12(8,4)15/h8-9,15H,5-7H2,1-4H3/t8-,9+,12+/m1/s1.